The van der Waals surface area contributed by atoms with Crippen LogP contribution in [0.3, 0.4) is 0 Å². The number of methoxy groups -OCH3 is 2. The molecule has 4 bridgehead atoms. The van der Waals surface area contributed by atoms with Gasteiger partial charge in [-0.05, 0) is 114 Å². The summed E-state index contributed by atoms with van der Waals surface area (Å²) in [5.41, 5.74) is 3.28. The largest absolute Gasteiger partial charge is 0.496 e. The third-order valence-electron chi connectivity index (χ3n) is 7.88. The molecule has 2 aromatic rings. The van der Waals surface area contributed by atoms with Gasteiger partial charge in [-0.25, -0.2) is 4.79 Å². The van der Waals surface area contributed by atoms with E-state index < -0.39 is 0 Å². The van der Waals surface area contributed by atoms with E-state index in [9.17, 15) is 4.79 Å². The molecule has 4 nitrogen and oxygen atoms in total. The molecule has 33 heavy (non-hydrogen) atoms. The lowest BCUT2D eigenvalue weighted by molar-refractivity contribution is -0.00616. The van der Waals surface area contributed by atoms with Gasteiger partial charge in [0.2, 0.25) is 0 Å². The number of hydrogen-bond donors (Lipinski definition) is 0. The Morgan fingerprint density at radius 3 is 2.27 bits per heavy atom. The summed E-state index contributed by atoms with van der Waals surface area (Å²) in [5, 5.41) is 0. The van der Waals surface area contributed by atoms with Crippen LogP contribution in [0, 0.1) is 21.3 Å². The van der Waals surface area contributed by atoms with Crippen LogP contribution in [0.15, 0.2) is 48.7 Å². The maximum atomic E-state index is 11.9. The van der Waals surface area contributed by atoms with Crippen molar-refractivity contribution in [3.8, 4) is 11.5 Å². The Balaban J connectivity index is 1.33. The summed E-state index contributed by atoms with van der Waals surface area (Å²) in [7, 11) is 3.16. The molecule has 0 spiro atoms. The Labute approximate surface area is 209 Å². The smallest absolute Gasteiger partial charge is 0.337 e. The molecule has 0 saturated heterocycles. The molecule has 0 aromatic heterocycles. The van der Waals surface area contributed by atoms with Gasteiger partial charge in [-0.3, -0.25) is 0 Å². The zero-order valence-electron chi connectivity index (χ0n) is 19.4. The summed E-state index contributed by atoms with van der Waals surface area (Å²) < 4.78 is 17.7. The second-order valence-electron chi connectivity index (χ2n) is 10.2. The van der Waals surface area contributed by atoms with Crippen LogP contribution in [0.1, 0.15) is 60.0 Å². The van der Waals surface area contributed by atoms with Crippen LogP contribution in [0.25, 0.3) is 0 Å². The number of hydrogen-bond acceptors (Lipinski definition) is 4. The summed E-state index contributed by atoms with van der Waals surface area (Å²) in [6, 6.07) is 12.0. The SMILES string of the molecule is C=C(Cc1ccc(C23CC4CC(CC(C4)C2)C3)c(OC)c1)Oc1cc(C(=O)OC)ccc1I. The lowest BCUT2D eigenvalue weighted by atomic mass is 9.48. The van der Waals surface area contributed by atoms with Crippen LogP contribution in [-0.2, 0) is 16.6 Å². The number of carbonyl (C=O) groups excluding carboxylic acids is 1. The Morgan fingerprint density at radius 1 is 1.00 bits per heavy atom. The van der Waals surface area contributed by atoms with Gasteiger partial charge >= 0.3 is 5.97 Å². The van der Waals surface area contributed by atoms with Crippen molar-refractivity contribution in [2.45, 2.75) is 50.4 Å². The molecule has 0 atom stereocenters. The quantitative estimate of drug-likeness (QED) is 0.216. The van der Waals surface area contributed by atoms with E-state index in [1.165, 1.54) is 51.2 Å². The molecule has 0 unspecified atom stereocenters. The first-order valence-corrected chi connectivity index (χ1v) is 12.9. The normalized spacial score (nSPS) is 27.3. The molecule has 2 aromatic carbocycles. The van der Waals surface area contributed by atoms with Crippen molar-refractivity contribution in [1.29, 1.82) is 0 Å². The van der Waals surface area contributed by atoms with E-state index in [1.807, 2.05) is 6.07 Å². The zero-order chi connectivity index (χ0) is 23.2. The highest BCUT2D eigenvalue weighted by Crippen LogP contribution is 2.61. The van der Waals surface area contributed by atoms with Crippen LogP contribution in [0.2, 0.25) is 0 Å². The number of carbonyl (C=O) groups is 1. The molecule has 0 aliphatic heterocycles. The lowest BCUT2D eigenvalue weighted by Crippen LogP contribution is -2.48. The Kier molecular flexibility index (Phi) is 6.19. The average molecular weight is 558 g/mol. The molecule has 4 aliphatic carbocycles. The first-order chi connectivity index (χ1) is 15.9. The maximum absolute atomic E-state index is 11.9. The molecule has 0 N–H and O–H groups in total. The molecule has 174 valence electrons. The van der Waals surface area contributed by atoms with Gasteiger partial charge in [0.25, 0.3) is 0 Å². The molecule has 4 saturated carbocycles. The number of rotatable bonds is 7. The molecule has 4 aliphatic rings. The van der Waals surface area contributed by atoms with E-state index in [0.29, 0.717) is 28.9 Å². The predicted molar refractivity (Wildman–Crippen MR) is 137 cm³/mol. The molecule has 6 rings (SSSR count). The molecular formula is C28H31IO4. The highest BCUT2D eigenvalue weighted by Gasteiger charge is 2.52. The van der Waals surface area contributed by atoms with Crippen LogP contribution in [0.4, 0.5) is 0 Å². The fourth-order valence-electron chi connectivity index (χ4n) is 6.97. The van der Waals surface area contributed by atoms with Gasteiger partial charge in [0, 0.05) is 12.0 Å². The fraction of sp³-hybridized carbons (Fsp3) is 0.464. The minimum absolute atomic E-state index is 0.302. The Bertz CT molecular complexity index is 1050. The minimum Gasteiger partial charge on any atom is -0.496 e. The van der Waals surface area contributed by atoms with Gasteiger partial charge in [-0.15, -0.1) is 0 Å². The summed E-state index contributed by atoms with van der Waals surface area (Å²) in [5.74, 6) is 4.56. The predicted octanol–water partition coefficient (Wildman–Crippen LogP) is 6.69. The van der Waals surface area contributed by atoms with Crippen molar-refractivity contribution in [2.24, 2.45) is 17.8 Å². The van der Waals surface area contributed by atoms with E-state index in [0.717, 1.165) is 32.6 Å². The van der Waals surface area contributed by atoms with E-state index >= 15 is 0 Å². The zero-order valence-corrected chi connectivity index (χ0v) is 21.5. The van der Waals surface area contributed by atoms with Crippen molar-refractivity contribution in [3.63, 3.8) is 0 Å². The molecular weight excluding hydrogens is 527 g/mol. The minimum atomic E-state index is -0.383. The van der Waals surface area contributed by atoms with Gasteiger partial charge < -0.3 is 14.2 Å². The number of ether oxygens (including phenoxy) is 3. The summed E-state index contributed by atoms with van der Waals surface area (Å²) in [6.07, 6.45) is 8.85. The molecule has 0 amide bonds. The van der Waals surface area contributed by atoms with Crippen molar-refractivity contribution in [3.05, 3.63) is 69.0 Å². The number of esters is 1. The first kappa shape index (κ1) is 22.8. The van der Waals surface area contributed by atoms with Gasteiger partial charge in [0.05, 0.1) is 23.4 Å². The van der Waals surface area contributed by atoms with Gasteiger partial charge in [0.1, 0.15) is 17.3 Å². The highest BCUT2D eigenvalue weighted by molar-refractivity contribution is 14.1. The average Bonchev–Trinajstić information content (AvgIpc) is 2.79. The third kappa shape index (κ3) is 4.41. The maximum Gasteiger partial charge on any atom is 0.337 e. The molecule has 0 radical (unpaired) electrons. The van der Waals surface area contributed by atoms with E-state index in [1.54, 1.807) is 19.2 Å². The van der Waals surface area contributed by atoms with Crippen LogP contribution in [0.5, 0.6) is 11.5 Å². The molecule has 0 heterocycles. The van der Waals surface area contributed by atoms with Crippen molar-refractivity contribution >= 4 is 28.6 Å². The van der Waals surface area contributed by atoms with Gasteiger partial charge in [0.15, 0.2) is 0 Å². The van der Waals surface area contributed by atoms with Crippen LogP contribution >= 0.6 is 22.6 Å². The van der Waals surface area contributed by atoms with E-state index in [4.69, 9.17) is 14.2 Å². The van der Waals surface area contributed by atoms with Crippen LogP contribution in [-0.4, -0.2) is 20.2 Å². The summed E-state index contributed by atoms with van der Waals surface area (Å²) in [4.78, 5) is 11.9. The fourth-order valence-corrected chi connectivity index (χ4v) is 7.42. The lowest BCUT2D eigenvalue weighted by Gasteiger charge is -2.57. The van der Waals surface area contributed by atoms with E-state index in [-0.39, 0.29) is 5.97 Å². The standard InChI is InChI=1S/C28H31IO4/c1-17(33-26-13-22(27(30)32-3)5-7-24(26)29)8-18-4-6-23(25(12-18)31-2)28-14-19-9-20(15-28)11-21(10-19)16-28/h4-7,12-13,19-21H,1,8-11,14-16H2,2-3H3. The molecule has 4 fully saturated rings. The molecule has 5 heteroatoms. The topological polar surface area (TPSA) is 44.8 Å². The number of benzene rings is 2. The Morgan fingerprint density at radius 2 is 1.67 bits per heavy atom. The number of halogens is 1. The van der Waals surface area contributed by atoms with Crippen molar-refractivity contribution in [2.75, 3.05) is 14.2 Å². The van der Waals surface area contributed by atoms with Crippen molar-refractivity contribution in [1.82, 2.24) is 0 Å². The van der Waals surface area contributed by atoms with Crippen LogP contribution < -0.4 is 9.47 Å². The Hall–Kier alpha value is -2.02. The summed E-state index contributed by atoms with van der Waals surface area (Å²) in [6.45, 7) is 4.13. The summed E-state index contributed by atoms with van der Waals surface area (Å²) >= 11 is 2.20. The first-order valence-electron chi connectivity index (χ1n) is 11.8. The van der Waals surface area contributed by atoms with Gasteiger partial charge in [-0.2, -0.15) is 0 Å². The van der Waals surface area contributed by atoms with E-state index in [2.05, 4.69) is 47.4 Å². The van der Waals surface area contributed by atoms with Crippen molar-refractivity contribution < 1.29 is 19.0 Å². The monoisotopic (exact) mass is 558 g/mol. The van der Waals surface area contributed by atoms with Gasteiger partial charge in [-0.1, -0.05) is 18.7 Å². The second-order valence-corrected chi connectivity index (χ2v) is 11.3. The third-order valence-corrected chi connectivity index (χ3v) is 8.77. The number of allylic oxidation sites excluding steroid dienone is 1. The second kappa shape index (κ2) is 8.97. The highest BCUT2D eigenvalue weighted by atomic mass is 127.